The van der Waals surface area contributed by atoms with Gasteiger partial charge in [-0.3, -0.25) is 4.79 Å². The molecular weight excluding hydrogens is 231 g/mol. The summed E-state index contributed by atoms with van der Waals surface area (Å²) in [6.07, 6.45) is 2.13. The van der Waals surface area contributed by atoms with Crippen molar-refractivity contribution in [1.82, 2.24) is 5.32 Å². The van der Waals surface area contributed by atoms with Gasteiger partial charge in [0, 0.05) is 19.0 Å². The molecule has 0 aliphatic heterocycles. The van der Waals surface area contributed by atoms with Crippen LogP contribution in [0, 0.1) is 12.7 Å². The van der Waals surface area contributed by atoms with E-state index in [4.69, 9.17) is 5.73 Å². The highest BCUT2D eigenvalue weighted by Gasteiger charge is 2.08. The van der Waals surface area contributed by atoms with Crippen molar-refractivity contribution in [1.29, 1.82) is 0 Å². The normalized spacial score (nSPS) is 12.2. The predicted molar refractivity (Wildman–Crippen MR) is 70.5 cm³/mol. The molecule has 1 amide bonds. The number of benzene rings is 1. The van der Waals surface area contributed by atoms with Crippen LogP contribution in [0.2, 0.25) is 0 Å². The van der Waals surface area contributed by atoms with Gasteiger partial charge >= 0.3 is 0 Å². The average molecular weight is 252 g/mol. The van der Waals surface area contributed by atoms with E-state index >= 15 is 0 Å². The lowest BCUT2D eigenvalue weighted by Gasteiger charge is -2.10. The second-order valence-corrected chi connectivity index (χ2v) is 4.61. The van der Waals surface area contributed by atoms with E-state index in [1.165, 1.54) is 6.07 Å². The van der Waals surface area contributed by atoms with Crippen molar-refractivity contribution in [3.05, 3.63) is 35.1 Å². The highest BCUT2D eigenvalue weighted by Crippen LogP contribution is 2.09. The summed E-state index contributed by atoms with van der Waals surface area (Å²) < 4.78 is 13.3. The largest absolute Gasteiger partial charge is 0.352 e. The lowest BCUT2D eigenvalue weighted by atomic mass is 10.1. The van der Waals surface area contributed by atoms with Crippen molar-refractivity contribution in [2.24, 2.45) is 5.73 Å². The minimum Gasteiger partial charge on any atom is -0.352 e. The average Bonchev–Trinajstić information content (AvgIpc) is 2.31. The summed E-state index contributed by atoms with van der Waals surface area (Å²) in [6, 6.07) is 4.87. The van der Waals surface area contributed by atoms with E-state index in [0.29, 0.717) is 18.5 Å². The van der Waals surface area contributed by atoms with Crippen molar-refractivity contribution in [3.8, 4) is 0 Å². The number of carbonyl (C=O) groups excluding carboxylic acids is 1. The van der Waals surface area contributed by atoms with Gasteiger partial charge in [0.1, 0.15) is 5.82 Å². The van der Waals surface area contributed by atoms with Crippen molar-refractivity contribution in [3.63, 3.8) is 0 Å². The van der Waals surface area contributed by atoms with Crippen LogP contribution in [0.3, 0.4) is 0 Å². The number of amides is 1. The molecule has 0 saturated heterocycles. The molecule has 0 spiro atoms. The van der Waals surface area contributed by atoms with Crippen molar-refractivity contribution in [2.45, 2.75) is 45.7 Å². The molecule has 1 aromatic rings. The highest BCUT2D eigenvalue weighted by atomic mass is 19.1. The number of carbonyl (C=O) groups is 1. The van der Waals surface area contributed by atoms with E-state index in [-0.39, 0.29) is 17.8 Å². The van der Waals surface area contributed by atoms with E-state index in [0.717, 1.165) is 18.4 Å². The van der Waals surface area contributed by atoms with Gasteiger partial charge in [-0.05, 0) is 30.5 Å². The fourth-order valence-corrected chi connectivity index (χ4v) is 1.73. The lowest BCUT2D eigenvalue weighted by molar-refractivity contribution is -0.121. The summed E-state index contributed by atoms with van der Waals surface area (Å²) in [4.78, 5) is 11.6. The molecule has 3 nitrogen and oxygen atoms in total. The Morgan fingerprint density at radius 3 is 2.83 bits per heavy atom. The standard InChI is InChI=1S/C14H21FN2O/c1-3-4-12(16)8-14(18)17-9-11-6-5-10(2)13(15)7-11/h5-7,12H,3-4,8-9,16H2,1-2H3,(H,17,18). The maximum atomic E-state index is 13.3. The maximum Gasteiger partial charge on any atom is 0.221 e. The summed E-state index contributed by atoms with van der Waals surface area (Å²) in [6.45, 7) is 4.09. The lowest BCUT2D eigenvalue weighted by Crippen LogP contribution is -2.31. The van der Waals surface area contributed by atoms with Gasteiger partial charge < -0.3 is 11.1 Å². The Balaban J connectivity index is 2.40. The molecule has 0 aromatic heterocycles. The van der Waals surface area contributed by atoms with Crippen molar-refractivity contribution in [2.75, 3.05) is 0 Å². The van der Waals surface area contributed by atoms with E-state index < -0.39 is 0 Å². The third kappa shape index (κ3) is 4.84. The number of halogens is 1. The zero-order valence-corrected chi connectivity index (χ0v) is 11.0. The van der Waals surface area contributed by atoms with Crippen LogP contribution in [0.1, 0.15) is 37.3 Å². The summed E-state index contributed by atoms with van der Waals surface area (Å²) >= 11 is 0. The molecule has 100 valence electrons. The van der Waals surface area contributed by atoms with Crippen LogP contribution in [-0.4, -0.2) is 11.9 Å². The summed E-state index contributed by atoms with van der Waals surface area (Å²) in [7, 11) is 0. The SMILES string of the molecule is CCCC(N)CC(=O)NCc1ccc(C)c(F)c1. The molecule has 1 unspecified atom stereocenters. The third-order valence-electron chi connectivity index (χ3n) is 2.83. The molecule has 1 atom stereocenters. The van der Waals surface area contributed by atoms with Gasteiger partial charge in [-0.2, -0.15) is 0 Å². The third-order valence-corrected chi connectivity index (χ3v) is 2.83. The predicted octanol–water partition coefficient (Wildman–Crippen LogP) is 2.27. The molecular formula is C14H21FN2O. The molecule has 18 heavy (non-hydrogen) atoms. The topological polar surface area (TPSA) is 55.1 Å². The first kappa shape index (κ1) is 14.6. The quantitative estimate of drug-likeness (QED) is 0.816. The molecule has 1 aromatic carbocycles. The fraction of sp³-hybridized carbons (Fsp3) is 0.500. The Kier molecular flexibility index (Phi) is 5.78. The molecule has 0 bridgehead atoms. The fourth-order valence-electron chi connectivity index (χ4n) is 1.73. The number of aryl methyl sites for hydroxylation is 1. The van der Waals surface area contributed by atoms with E-state index in [1.54, 1.807) is 13.0 Å². The minimum absolute atomic E-state index is 0.0862. The van der Waals surface area contributed by atoms with Crippen molar-refractivity contribution >= 4 is 5.91 Å². The van der Waals surface area contributed by atoms with E-state index in [1.807, 2.05) is 13.0 Å². The van der Waals surface area contributed by atoms with Gasteiger partial charge in [0.2, 0.25) is 5.91 Å². The summed E-state index contributed by atoms with van der Waals surface area (Å²) in [5, 5.41) is 2.75. The van der Waals surface area contributed by atoms with Gasteiger partial charge in [-0.1, -0.05) is 25.5 Å². The summed E-state index contributed by atoms with van der Waals surface area (Å²) in [5.74, 6) is -0.332. The Bertz CT molecular complexity index is 407. The molecule has 1 rings (SSSR count). The zero-order chi connectivity index (χ0) is 13.5. The highest BCUT2D eigenvalue weighted by molar-refractivity contribution is 5.76. The molecule has 0 fully saturated rings. The van der Waals surface area contributed by atoms with Crippen LogP contribution in [0.25, 0.3) is 0 Å². The van der Waals surface area contributed by atoms with E-state index in [2.05, 4.69) is 5.32 Å². The van der Waals surface area contributed by atoms with Gasteiger partial charge in [0.15, 0.2) is 0 Å². The van der Waals surface area contributed by atoms with Crippen LogP contribution in [0.4, 0.5) is 4.39 Å². The monoisotopic (exact) mass is 252 g/mol. The Labute approximate surface area is 108 Å². The molecule has 0 aliphatic rings. The second-order valence-electron chi connectivity index (χ2n) is 4.61. The molecule has 0 aliphatic carbocycles. The maximum absolute atomic E-state index is 13.3. The number of rotatable bonds is 6. The molecule has 0 saturated carbocycles. The van der Waals surface area contributed by atoms with E-state index in [9.17, 15) is 9.18 Å². The second kappa shape index (κ2) is 7.11. The van der Waals surface area contributed by atoms with Crippen LogP contribution >= 0.6 is 0 Å². The number of hydrogen-bond donors (Lipinski definition) is 2. The smallest absolute Gasteiger partial charge is 0.221 e. The first-order valence-electron chi connectivity index (χ1n) is 6.30. The Hall–Kier alpha value is -1.42. The van der Waals surface area contributed by atoms with Crippen molar-refractivity contribution < 1.29 is 9.18 Å². The van der Waals surface area contributed by atoms with Crippen LogP contribution in [0.5, 0.6) is 0 Å². The molecule has 0 heterocycles. The van der Waals surface area contributed by atoms with Crippen LogP contribution in [0.15, 0.2) is 18.2 Å². The Morgan fingerprint density at radius 2 is 2.22 bits per heavy atom. The summed E-state index contributed by atoms with van der Waals surface area (Å²) in [5.41, 5.74) is 7.14. The number of nitrogens with one attached hydrogen (secondary N) is 1. The van der Waals surface area contributed by atoms with Gasteiger partial charge in [-0.15, -0.1) is 0 Å². The molecule has 0 radical (unpaired) electrons. The van der Waals surface area contributed by atoms with Gasteiger partial charge in [-0.25, -0.2) is 4.39 Å². The number of hydrogen-bond acceptors (Lipinski definition) is 2. The first-order chi connectivity index (χ1) is 8.52. The molecule has 4 heteroatoms. The number of nitrogens with two attached hydrogens (primary N) is 1. The minimum atomic E-state index is -0.246. The van der Waals surface area contributed by atoms with Crippen LogP contribution < -0.4 is 11.1 Å². The molecule has 3 N–H and O–H groups in total. The van der Waals surface area contributed by atoms with Gasteiger partial charge in [0.25, 0.3) is 0 Å². The first-order valence-corrected chi connectivity index (χ1v) is 6.30. The Morgan fingerprint density at radius 1 is 1.50 bits per heavy atom. The zero-order valence-electron chi connectivity index (χ0n) is 11.0. The van der Waals surface area contributed by atoms with Crippen LogP contribution in [-0.2, 0) is 11.3 Å². The van der Waals surface area contributed by atoms with Gasteiger partial charge in [0.05, 0.1) is 0 Å².